The van der Waals surface area contributed by atoms with E-state index in [1.54, 1.807) is 24.5 Å². The lowest BCUT2D eigenvalue weighted by Crippen LogP contribution is -2.28. The van der Waals surface area contributed by atoms with Gasteiger partial charge in [-0.3, -0.25) is 9.78 Å². The zero-order valence-corrected chi connectivity index (χ0v) is 9.06. The fraction of sp³-hybridized carbons (Fsp3) is 0.455. The third-order valence-electron chi connectivity index (χ3n) is 1.78. The van der Waals surface area contributed by atoms with E-state index in [0.717, 1.165) is 0 Å². The van der Waals surface area contributed by atoms with Crippen molar-refractivity contribution in [3.8, 4) is 0 Å². The summed E-state index contributed by atoms with van der Waals surface area (Å²) < 4.78 is 5.30. The van der Waals surface area contributed by atoms with E-state index in [4.69, 9.17) is 4.74 Å². The molecule has 0 unspecified atom stereocenters. The van der Waals surface area contributed by atoms with Crippen molar-refractivity contribution < 1.29 is 9.53 Å². The Bertz CT molecular complexity index is 299. The Kier molecular flexibility index (Phi) is 4.77. The van der Waals surface area contributed by atoms with E-state index < -0.39 is 0 Å². The minimum absolute atomic E-state index is 0.0928. The van der Waals surface area contributed by atoms with Crippen molar-refractivity contribution in [2.45, 2.75) is 20.0 Å². The van der Waals surface area contributed by atoms with E-state index in [1.165, 1.54) is 0 Å². The summed E-state index contributed by atoms with van der Waals surface area (Å²) in [6.07, 6.45) is 3.39. The third kappa shape index (κ3) is 4.56. The summed E-state index contributed by atoms with van der Waals surface area (Å²) in [5, 5.41) is 2.76. The Morgan fingerprint density at radius 2 is 2.13 bits per heavy atom. The second kappa shape index (κ2) is 6.14. The molecule has 15 heavy (non-hydrogen) atoms. The number of nitrogens with one attached hydrogen (secondary N) is 1. The molecule has 0 bridgehead atoms. The lowest BCUT2D eigenvalue weighted by molar-refractivity contribution is 0.0746. The number of hydrogen-bond acceptors (Lipinski definition) is 3. The minimum Gasteiger partial charge on any atom is -0.377 e. The third-order valence-corrected chi connectivity index (χ3v) is 1.78. The lowest BCUT2D eigenvalue weighted by Gasteiger charge is -2.08. The topological polar surface area (TPSA) is 51.2 Å². The molecule has 1 N–H and O–H groups in total. The minimum atomic E-state index is -0.0928. The average molecular weight is 208 g/mol. The molecule has 0 saturated heterocycles. The maximum atomic E-state index is 11.5. The van der Waals surface area contributed by atoms with Crippen LogP contribution in [-0.2, 0) is 4.74 Å². The van der Waals surface area contributed by atoms with Gasteiger partial charge in [0.2, 0.25) is 0 Å². The maximum Gasteiger partial charge on any atom is 0.251 e. The molecule has 0 saturated carbocycles. The van der Waals surface area contributed by atoms with E-state index in [9.17, 15) is 4.79 Å². The molecule has 1 aromatic rings. The predicted octanol–water partition coefficient (Wildman–Crippen LogP) is 1.24. The zero-order chi connectivity index (χ0) is 11.1. The number of pyridine rings is 1. The molecule has 0 aliphatic heterocycles. The Balaban J connectivity index is 2.25. The Hall–Kier alpha value is -1.42. The SMILES string of the molecule is CC(C)OCCNC(=O)c1ccncc1. The Labute approximate surface area is 89.7 Å². The van der Waals surface area contributed by atoms with Gasteiger partial charge in [0.15, 0.2) is 0 Å². The number of ether oxygens (including phenoxy) is 1. The van der Waals surface area contributed by atoms with Crippen LogP contribution in [0, 0.1) is 0 Å². The van der Waals surface area contributed by atoms with Crippen LogP contribution in [0.1, 0.15) is 24.2 Å². The van der Waals surface area contributed by atoms with Gasteiger partial charge >= 0.3 is 0 Å². The molecule has 0 aliphatic rings. The van der Waals surface area contributed by atoms with Gasteiger partial charge in [-0.1, -0.05) is 0 Å². The fourth-order valence-corrected chi connectivity index (χ4v) is 1.06. The number of aromatic nitrogens is 1. The largest absolute Gasteiger partial charge is 0.377 e. The monoisotopic (exact) mass is 208 g/mol. The van der Waals surface area contributed by atoms with E-state index in [2.05, 4.69) is 10.3 Å². The molecule has 1 amide bonds. The summed E-state index contributed by atoms with van der Waals surface area (Å²) in [5.41, 5.74) is 0.620. The number of hydrogen-bond donors (Lipinski definition) is 1. The summed E-state index contributed by atoms with van der Waals surface area (Å²) in [4.78, 5) is 15.3. The first-order valence-corrected chi connectivity index (χ1v) is 5.00. The van der Waals surface area contributed by atoms with Crippen LogP contribution in [0.2, 0.25) is 0 Å². The van der Waals surface area contributed by atoms with Gasteiger partial charge in [0, 0.05) is 24.5 Å². The van der Waals surface area contributed by atoms with Gasteiger partial charge in [-0.15, -0.1) is 0 Å². The fourth-order valence-electron chi connectivity index (χ4n) is 1.06. The smallest absolute Gasteiger partial charge is 0.251 e. The molecule has 4 nitrogen and oxygen atoms in total. The van der Waals surface area contributed by atoms with Crippen molar-refractivity contribution in [1.82, 2.24) is 10.3 Å². The molecule has 0 spiro atoms. The summed E-state index contributed by atoms with van der Waals surface area (Å²) in [6.45, 7) is 4.99. The van der Waals surface area contributed by atoms with Crippen molar-refractivity contribution in [3.63, 3.8) is 0 Å². The molecule has 0 aromatic carbocycles. The molecule has 1 heterocycles. The molecule has 0 atom stereocenters. The molecule has 1 rings (SSSR count). The highest BCUT2D eigenvalue weighted by atomic mass is 16.5. The number of rotatable bonds is 5. The first kappa shape index (κ1) is 11.7. The average Bonchev–Trinajstić information content (AvgIpc) is 2.25. The van der Waals surface area contributed by atoms with E-state index in [-0.39, 0.29) is 12.0 Å². The second-order valence-electron chi connectivity index (χ2n) is 3.41. The number of carbonyl (C=O) groups excluding carboxylic acids is 1. The quantitative estimate of drug-likeness (QED) is 0.740. The highest BCUT2D eigenvalue weighted by molar-refractivity contribution is 5.93. The molecule has 1 aromatic heterocycles. The van der Waals surface area contributed by atoms with Crippen molar-refractivity contribution >= 4 is 5.91 Å². The van der Waals surface area contributed by atoms with Gasteiger partial charge in [0.25, 0.3) is 5.91 Å². The summed E-state index contributed by atoms with van der Waals surface area (Å²) in [5.74, 6) is -0.0928. The van der Waals surface area contributed by atoms with Crippen LogP contribution in [0.15, 0.2) is 24.5 Å². The van der Waals surface area contributed by atoms with Gasteiger partial charge in [-0.05, 0) is 26.0 Å². The van der Waals surface area contributed by atoms with Crippen LogP contribution in [0.3, 0.4) is 0 Å². The molecule has 0 aliphatic carbocycles. The summed E-state index contributed by atoms with van der Waals surface area (Å²) in [7, 11) is 0. The molecular formula is C11H16N2O2. The Morgan fingerprint density at radius 3 is 2.73 bits per heavy atom. The molecule has 0 radical (unpaired) electrons. The second-order valence-corrected chi connectivity index (χ2v) is 3.41. The van der Waals surface area contributed by atoms with E-state index in [1.807, 2.05) is 13.8 Å². The van der Waals surface area contributed by atoms with Gasteiger partial charge < -0.3 is 10.1 Å². The highest BCUT2D eigenvalue weighted by Gasteiger charge is 2.03. The summed E-state index contributed by atoms with van der Waals surface area (Å²) >= 11 is 0. The van der Waals surface area contributed by atoms with Gasteiger partial charge in [-0.2, -0.15) is 0 Å². The van der Waals surface area contributed by atoms with Gasteiger partial charge in [-0.25, -0.2) is 0 Å². The summed E-state index contributed by atoms with van der Waals surface area (Å²) in [6, 6.07) is 3.36. The van der Waals surface area contributed by atoms with Crippen LogP contribution < -0.4 is 5.32 Å². The van der Waals surface area contributed by atoms with Crippen LogP contribution in [-0.4, -0.2) is 30.1 Å². The molecular weight excluding hydrogens is 192 g/mol. The van der Waals surface area contributed by atoms with Crippen molar-refractivity contribution in [1.29, 1.82) is 0 Å². The maximum absolute atomic E-state index is 11.5. The first-order chi connectivity index (χ1) is 7.20. The van der Waals surface area contributed by atoms with Gasteiger partial charge in [0.05, 0.1) is 12.7 Å². The standard InChI is InChI=1S/C11H16N2O2/c1-9(2)15-8-7-13-11(14)10-3-5-12-6-4-10/h3-6,9H,7-8H2,1-2H3,(H,13,14). The van der Waals surface area contributed by atoms with E-state index in [0.29, 0.717) is 18.7 Å². The predicted molar refractivity (Wildman–Crippen MR) is 57.7 cm³/mol. The van der Waals surface area contributed by atoms with Crippen LogP contribution in [0.4, 0.5) is 0 Å². The Morgan fingerprint density at radius 1 is 1.47 bits per heavy atom. The van der Waals surface area contributed by atoms with Crippen LogP contribution in [0.5, 0.6) is 0 Å². The number of nitrogens with zero attached hydrogens (tertiary/aromatic N) is 1. The molecule has 0 fully saturated rings. The number of amides is 1. The highest BCUT2D eigenvalue weighted by Crippen LogP contribution is 1.95. The molecule has 82 valence electrons. The first-order valence-electron chi connectivity index (χ1n) is 5.00. The van der Waals surface area contributed by atoms with Crippen molar-refractivity contribution in [3.05, 3.63) is 30.1 Å². The number of carbonyl (C=O) groups is 1. The normalized spacial score (nSPS) is 10.3. The van der Waals surface area contributed by atoms with Gasteiger partial charge in [0.1, 0.15) is 0 Å². The lowest BCUT2D eigenvalue weighted by atomic mass is 10.2. The molecule has 4 heteroatoms. The van der Waals surface area contributed by atoms with Crippen molar-refractivity contribution in [2.24, 2.45) is 0 Å². The zero-order valence-electron chi connectivity index (χ0n) is 9.06. The van der Waals surface area contributed by atoms with Crippen LogP contribution >= 0.6 is 0 Å². The van der Waals surface area contributed by atoms with E-state index >= 15 is 0 Å². The van der Waals surface area contributed by atoms with Crippen LogP contribution in [0.25, 0.3) is 0 Å². The van der Waals surface area contributed by atoms with Crippen molar-refractivity contribution in [2.75, 3.05) is 13.2 Å².